The summed E-state index contributed by atoms with van der Waals surface area (Å²) in [7, 11) is 1.78. The van der Waals surface area contributed by atoms with Crippen LogP contribution in [0.3, 0.4) is 0 Å². The SMILES string of the molecule is CNC(=S)N/N=C1/CCc2ccccc21. The fourth-order valence-corrected chi connectivity index (χ4v) is 1.74. The van der Waals surface area contributed by atoms with Crippen molar-refractivity contribution in [1.29, 1.82) is 0 Å². The summed E-state index contributed by atoms with van der Waals surface area (Å²) in [6, 6.07) is 8.35. The predicted octanol–water partition coefficient (Wildman–Crippen LogP) is 1.43. The van der Waals surface area contributed by atoms with Crippen LogP contribution in [0.5, 0.6) is 0 Å². The van der Waals surface area contributed by atoms with Crippen LogP contribution in [0.4, 0.5) is 0 Å². The van der Waals surface area contributed by atoms with Gasteiger partial charge in [-0.05, 0) is 30.6 Å². The quantitative estimate of drug-likeness (QED) is 0.554. The summed E-state index contributed by atoms with van der Waals surface area (Å²) in [6.07, 6.45) is 2.06. The maximum Gasteiger partial charge on any atom is 0.186 e. The van der Waals surface area contributed by atoms with Crippen LogP contribution in [0, 0.1) is 0 Å². The fraction of sp³-hybridized carbons (Fsp3) is 0.273. The molecular formula is C11H13N3S. The Balaban J connectivity index is 2.17. The molecule has 0 amide bonds. The first-order chi connectivity index (χ1) is 7.31. The highest BCUT2D eigenvalue weighted by Gasteiger charge is 2.16. The van der Waals surface area contributed by atoms with Crippen molar-refractivity contribution in [3.63, 3.8) is 0 Å². The molecule has 15 heavy (non-hydrogen) atoms. The molecule has 0 heterocycles. The molecule has 0 unspecified atom stereocenters. The second kappa shape index (κ2) is 4.40. The standard InChI is InChI=1S/C11H13N3S/c1-12-11(15)14-13-10-7-6-8-4-2-3-5-9(8)10/h2-5H,6-7H2,1H3,(H2,12,14,15)/b13-10-. The van der Waals surface area contributed by atoms with Gasteiger partial charge in [0.2, 0.25) is 0 Å². The third-order valence-corrected chi connectivity index (χ3v) is 2.77. The third kappa shape index (κ3) is 2.15. The van der Waals surface area contributed by atoms with Gasteiger partial charge in [-0.3, -0.25) is 5.43 Å². The van der Waals surface area contributed by atoms with Gasteiger partial charge in [0.05, 0.1) is 5.71 Å². The second-order valence-corrected chi connectivity index (χ2v) is 3.81. The average molecular weight is 219 g/mol. The van der Waals surface area contributed by atoms with Crippen molar-refractivity contribution in [1.82, 2.24) is 10.7 Å². The first kappa shape index (κ1) is 10.1. The zero-order valence-corrected chi connectivity index (χ0v) is 9.40. The number of fused-ring (bicyclic) bond motifs is 1. The minimum absolute atomic E-state index is 0.548. The smallest absolute Gasteiger partial charge is 0.186 e. The van der Waals surface area contributed by atoms with E-state index in [9.17, 15) is 0 Å². The molecule has 0 atom stereocenters. The molecule has 78 valence electrons. The van der Waals surface area contributed by atoms with E-state index in [-0.39, 0.29) is 0 Å². The van der Waals surface area contributed by atoms with Crippen LogP contribution in [-0.4, -0.2) is 17.9 Å². The Kier molecular flexibility index (Phi) is 2.97. The second-order valence-electron chi connectivity index (χ2n) is 3.41. The van der Waals surface area contributed by atoms with Gasteiger partial charge < -0.3 is 5.32 Å². The van der Waals surface area contributed by atoms with Crippen LogP contribution in [0.1, 0.15) is 17.5 Å². The molecule has 0 bridgehead atoms. The van der Waals surface area contributed by atoms with Gasteiger partial charge in [-0.1, -0.05) is 24.3 Å². The van der Waals surface area contributed by atoms with Crippen molar-refractivity contribution in [3.05, 3.63) is 35.4 Å². The summed E-state index contributed by atoms with van der Waals surface area (Å²) in [6.45, 7) is 0. The van der Waals surface area contributed by atoms with Crippen molar-refractivity contribution in [3.8, 4) is 0 Å². The van der Waals surface area contributed by atoms with Gasteiger partial charge in [0, 0.05) is 12.6 Å². The topological polar surface area (TPSA) is 36.4 Å². The van der Waals surface area contributed by atoms with Crippen molar-refractivity contribution in [2.45, 2.75) is 12.8 Å². The lowest BCUT2D eigenvalue weighted by Crippen LogP contribution is -2.29. The minimum Gasteiger partial charge on any atom is -0.364 e. The molecule has 1 aromatic rings. The maximum absolute atomic E-state index is 4.96. The molecule has 1 aliphatic carbocycles. The molecule has 0 saturated carbocycles. The molecule has 0 aromatic heterocycles. The highest BCUT2D eigenvalue weighted by molar-refractivity contribution is 7.80. The number of nitrogens with zero attached hydrogens (tertiary/aromatic N) is 1. The number of nitrogens with one attached hydrogen (secondary N) is 2. The fourth-order valence-electron chi connectivity index (χ4n) is 1.70. The number of rotatable bonds is 1. The number of thiocarbonyl (C=S) groups is 1. The summed E-state index contributed by atoms with van der Waals surface area (Å²) < 4.78 is 0. The molecule has 1 aromatic carbocycles. The van der Waals surface area contributed by atoms with Gasteiger partial charge in [0.1, 0.15) is 0 Å². The molecular weight excluding hydrogens is 206 g/mol. The molecule has 0 aliphatic heterocycles. The summed E-state index contributed by atoms with van der Waals surface area (Å²) in [5.41, 5.74) is 6.52. The van der Waals surface area contributed by atoms with Crippen molar-refractivity contribution < 1.29 is 0 Å². The van der Waals surface area contributed by atoms with E-state index >= 15 is 0 Å². The van der Waals surface area contributed by atoms with Crippen molar-refractivity contribution >= 4 is 23.0 Å². The van der Waals surface area contributed by atoms with Crippen LogP contribution >= 0.6 is 12.2 Å². The number of hydrogen-bond acceptors (Lipinski definition) is 2. The van der Waals surface area contributed by atoms with Gasteiger partial charge in [0.15, 0.2) is 5.11 Å². The molecule has 0 fully saturated rings. The molecule has 0 radical (unpaired) electrons. The largest absolute Gasteiger partial charge is 0.364 e. The highest BCUT2D eigenvalue weighted by Crippen LogP contribution is 2.21. The molecule has 0 saturated heterocycles. The van der Waals surface area contributed by atoms with Crippen LogP contribution in [0.2, 0.25) is 0 Å². The molecule has 0 spiro atoms. The van der Waals surface area contributed by atoms with E-state index in [1.54, 1.807) is 7.05 Å². The highest BCUT2D eigenvalue weighted by atomic mass is 32.1. The number of benzene rings is 1. The average Bonchev–Trinajstić information content (AvgIpc) is 2.69. The Bertz CT molecular complexity index is 412. The first-order valence-corrected chi connectivity index (χ1v) is 5.34. The molecule has 3 nitrogen and oxygen atoms in total. The Morgan fingerprint density at radius 1 is 1.33 bits per heavy atom. The normalized spacial score (nSPS) is 16.2. The van der Waals surface area contributed by atoms with E-state index in [1.165, 1.54) is 11.1 Å². The van der Waals surface area contributed by atoms with E-state index in [1.807, 2.05) is 6.07 Å². The molecule has 4 heteroatoms. The van der Waals surface area contributed by atoms with E-state index in [2.05, 4.69) is 34.0 Å². The van der Waals surface area contributed by atoms with Gasteiger partial charge in [-0.2, -0.15) is 5.10 Å². The van der Waals surface area contributed by atoms with Crippen LogP contribution in [-0.2, 0) is 6.42 Å². The summed E-state index contributed by atoms with van der Waals surface area (Å²) in [5, 5.41) is 7.67. The Morgan fingerprint density at radius 2 is 2.13 bits per heavy atom. The minimum atomic E-state index is 0.548. The predicted molar refractivity (Wildman–Crippen MR) is 66.1 cm³/mol. The third-order valence-electron chi connectivity index (χ3n) is 2.48. The summed E-state index contributed by atoms with van der Waals surface area (Å²) in [4.78, 5) is 0. The van der Waals surface area contributed by atoms with Gasteiger partial charge in [-0.25, -0.2) is 0 Å². The van der Waals surface area contributed by atoms with Gasteiger partial charge in [0.25, 0.3) is 0 Å². The van der Waals surface area contributed by atoms with Crippen LogP contribution in [0.15, 0.2) is 29.4 Å². The summed E-state index contributed by atoms with van der Waals surface area (Å²) >= 11 is 4.96. The van der Waals surface area contributed by atoms with Crippen LogP contribution < -0.4 is 10.7 Å². The first-order valence-electron chi connectivity index (χ1n) is 4.94. The summed E-state index contributed by atoms with van der Waals surface area (Å²) in [5.74, 6) is 0. The van der Waals surface area contributed by atoms with E-state index in [0.717, 1.165) is 18.6 Å². The van der Waals surface area contributed by atoms with Crippen molar-refractivity contribution in [2.75, 3.05) is 7.05 Å². The lowest BCUT2D eigenvalue weighted by Gasteiger charge is -2.03. The van der Waals surface area contributed by atoms with Crippen molar-refractivity contribution in [2.24, 2.45) is 5.10 Å². The lowest BCUT2D eigenvalue weighted by molar-refractivity contribution is 0.962. The molecule has 1 aliphatic rings. The Morgan fingerprint density at radius 3 is 2.93 bits per heavy atom. The lowest BCUT2D eigenvalue weighted by atomic mass is 10.1. The van der Waals surface area contributed by atoms with E-state index in [4.69, 9.17) is 12.2 Å². The van der Waals surface area contributed by atoms with Crippen LogP contribution in [0.25, 0.3) is 0 Å². The monoisotopic (exact) mass is 219 g/mol. The molecule has 2 rings (SSSR count). The zero-order valence-electron chi connectivity index (χ0n) is 8.58. The van der Waals surface area contributed by atoms with E-state index < -0.39 is 0 Å². The van der Waals surface area contributed by atoms with Gasteiger partial charge in [-0.15, -0.1) is 0 Å². The Labute approximate surface area is 94.6 Å². The number of aryl methyl sites for hydroxylation is 1. The zero-order chi connectivity index (χ0) is 10.7. The Hall–Kier alpha value is -1.42. The van der Waals surface area contributed by atoms with E-state index in [0.29, 0.717) is 5.11 Å². The number of hydrogen-bond donors (Lipinski definition) is 2. The van der Waals surface area contributed by atoms with Gasteiger partial charge >= 0.3 is 0 Å². The maximum atomic E-state index is 4.96. The molecule has 2 N–H and O–H groups in total. The number of hydrazone groups is 1.